The molecule has 0 fully saturated rings. The molecular weight excluding hydrogens is 394 g/mol. The summed E-state index contributed by atoms with van der Waals surface area (Å²) in [5.74, 6) is 0.516. The number of hydrogen-bond acceptors (Lipinski definition) is 2. The van der Waals surface area contributed by atoms with E-state index >= 15 is 0 Å². The van der Waals surface area contributed by atoms with Crippen LogP contribution in [0, 0.1) is 5.92 Å². The fourth-order valence-electron chi connectivity index (χ4n) is 4.44. The summed E-state index contributed by atoms with van der Waals surface area (Å²) in [6, 6.07) is 0. The van der Waals surface area contributed by atoms with E-state index in [4.69, 9.17) is 4.74 Å². The summed E-state index contributed by atoms with van der Waals surface area (Å²) in [5.41, 5.74) is 0. The molecule has 0 bridgehead atoms. The Morgan fingerprint density at radius 3 is 1.28 bits per heavy atom. The molecule has 0 aromatic heterocycles. The maximum Gasteiger partial charge on any atom is 0.361 e. The Labute approximate surface area is 202 Å². The number of hydrogen-bond donors (Lipinski definition) is 0. The lowest BCUT2D eigenvalue weighted by Crippen LogP contribution is -2.40. The van der Waals surface area contributed by atoms with Crippen molar-refractivity contribution >= 4 is 5.97 Å². The van der Waals surface area contributed by atoms with Gasteiger partial charge in [-0.1, -0.05) is 129 Å². The van der Waals surface area contributed by atoms with Crippen molar-refractivity contribution < 1.29 is 14.0 Å². The fraction of sp³-hybridized carbons (Fsp3) is 0.966. The molecule has 0 aromatic rings. The Balaban J connectivity index is 4.02. The van der Waals surface area contributed by atoms with Crippen LogP contribution in [0.25, 0.3) is 0 Å². The third-order valence-corrected chi connectivity index (χ3v) is 6.52. The van der Waals surface area contributed by atoms with Crippen molar-refractivity contribution in [2.24, 2.45) is 5.92 Å². The molecule has 0 aliphatic carbocycles. The summed E-state index contributed by atoms with van der Waals surface area (Å²) in [6.45, 7) is 5.66. The van der Waals surface area contributed by atoms with Crippen molar-refractivity contribution in [3.63, 3.8) is 0 Å². The molecule has 0 saturated heterocycles. The molecule has 192 valence electrons. The number of carbonyl (C=O) groups is 1. The average molecular weight is 455 g/mol. The minimum Gasteiger partial charge on any atom is -0.461 e. The lowest BCUT2D eigenvalue weighted by atomic mass is 9.94. The molecule has 0 N–H and O–H groups in total. The minimum atomic E-state index is -0.0403. The van der Waals surface area contributed by atoms with Gasteiger partial charge in [-0.05, 0) is 18.8 Å². The second-order valence-corrected chi connectivity index (χ2v) is 11.2. The van der Waals surface area contributed by atoms with Gasteiger partial charge in [-0.3, -0.25) is 0 Å². The average Bonchev–Trinajstić information content (AvgIpc) is 2.73. The van der Waals surface area contributed by atoms with Gasteiger partial charge in [0.15, 0.2) is 6.54 Å². The molecule has 0 amide bonds. The highest BCUT2D eigenvalue weighted by atomic mass is 16.5. The van der Waals surface area contributed by atoms with Crippen LogP contribution in [-0.2, 0) is 9.53 Å². The van der Waals surface area contributed by atoms with Crippen LogP contribution >= 0.6 is 0 Å². The van der Waals surface area contributed by atoms with Gasteiger partial charge in [0.2, 0.25) is 0 Å². The van der Waals surface area contributed by atoms with Gasteiger partial charge in [-0.25, -0.2) is 4.79 Å². The molecule has 0 aromatic carbocycles. The van der Waals surface area contributed by atoms with Crippen LogP contribution in [0.2, 0.25) is 0 Å². The van der Waals surface area contributed by atoms with E-state index in [1.54, 1.807) is 0 Å². The SMILES string of the molecule is CCCCCCCCCCCCC(CCCCCCCCCC)COC(=O)C[N+](C)(C)C. The quantitative estimate of drug-likeness (QED) is 0.0828. The van der Waals surface area contributed by atoms with Crippen molar-refractivity contribution in [3.05, 3.63) is 0 Å². The third kappa shape index (κ3) is 24.1. The largest absolute Gasteiger partial charge is 0.461 e. The topological polar surface area (TPSA) is 26.3 Å². The van der Waals surface area contributed by atoms with Gasteiger partial charge in [-0.15, -0.1) is 0 Å². The van der Waals surface area contributed by atoms with Crippen LogP contribution in [0.4, 0.5) is 0 Å². The highest BCUT2D eigenvalue weighted by molar-refractivity contribution is 5.70. The molecule has 0 aliphatic heterocycles. The van der Waals surface area contributed by atoms with Crippen LogP contribution in [0.3, 0.4) is 0 Å². The van der Waals surface area contributed by atoms with Gasteiger partial charge >= 0.3 is 5.97 Å². The Kier molecular flexibility index (Phi) is 21.8. The van der Waals surface area contributed by atoms with E-state index < -0.39 is 0 Å². The zero-order valence-electron chi connectivity index (χ0n) is 22.9. The Bertz CT molecular complexity index is 402. The minimum absolute atomic E-state index is 0.0403. The van der Waals surface area contributed by atoms with Crippen molar-refractivity contribution in [1.82, 2.24) is 0 Å². The highest BCUT2D eigenvalue weighted by Crippen LogP contribution is 2.20. The molecule has 0 rings (SSSR count). The zero-order valence-corrected chi connectivity index (χ0v) is 22.9. The second kappa shape index (κ2) is 22.2. The second-order valence-electron chi connectivity index (χ2n) is 11.2. The standard InChI is InChI=1S/C29H60NO2/c1-6-8-10-12-14-16-17-19-21-23-25-28(27-32-29(31)26-30(3,4)5)24-22-20-18-15-13-11-9-7-2/h28H,6-27H2,1-5H3/q+1. The van der Waals surface area contributed by atoms with E-state index in [1.807, 2.05) is 21.1 Å². The van der Waals surface area contributed by atoms with E-state index in [9.17, 15) is 4.79 Å². The molecule has 3 heteroatoms. The maximum absolute atomic E-state index is 12.2. The predicted octanol–water partition coefficient (Wildman–Crippen LogP) is 8.69. The maximum atomic E-state index is 12.2. The molecular formula is C29H60NO2+. The van der Waals surface area contributed by atoms with Crippen molar-refractivity contribution in [2.45, 2.75) is 142 Å². The van der Waals surface area contributed by atoms with Crippen molar-refractivity contribution in [1.29, 1.82) is 0 Å². The third-order valence-electron chi connectivity index (χ3n) is 6.52. The summed E-state index contributed by atoms with van der Waals surface area (Å²) in [6.07, 6.45) is 27.2. The number of carbonyl (C=O) groups excluding carboxylic acids is 1. The first kappa shape index (κ1) is 31.4. The molecule has 32 heavy (non-hydrogen) atoms. The normalized spacial score (nSPS) is 12.8. The molecule has 0 radical (unpaired) electrons. The Morgan fingerprint density at radius 2 is 0.938 bits per heavy atom. The first-order valence-electron chi connectivity index (χ1n) is 14.3. The zero-order chi connectivity index (χ0) is 23.9. The van der Waals surface area contributed by atoms with E-state index in [-0.39, 0.29) is 5.97 Å². The number of likely N-dealkylation sites (N-methyl/N-ethyl adjacent to an activating group) is 1. The van der Waals surface area contributed by atoms with E-state index in [2.05, 4.69) is 13.8 Å². The van der Waals surface area contributed by atoms with Gasteiger partial charge in [0, 0.05) is 0 Å². The van der Waals surface area contributed by atoms with Crippen LogP contribution in [0.5, 0.6) is 0 Å². The molecule has 1 unspecified atom stereocenters. The lowest BCUT2D eigenvalue weighted by Gasteiger charge is -2.23. The highest BCUT2D eigenvalue weighted by Gasteiger charge is 2.18. The van der Waals surface area contributed by atoms with Gasteiger partial charge < -0.3 is 9.22 Å². The van der Waals surface area contributed by atoms with Crippen LogP contribution in [0.1, 0.15) is 142 Å². The number of rotatable bonds is 24. The Hall–Kier alpha value is -0.570. The van der Waals surface area contributed by atoms with Gasteiger partial charge in [0.05, 0.1) is 27.7 Å². The summed E-state index contributed by atoms with van der Waals surface area (Å²) >= 11 is 0. The van der Waals surface area contributed by atoms with Crippen molar-refractivity contribution in [2.75, 3.05) is 34.3 Å². The van der Waals surface area contributed by atoms with E-state index in [1.165, 1.54) is 128 Å². The lowest BCUT2D eigenvalue weighted by molar-refractivity contribution is -0.862. The van der Waals surface area contributed by atoms with Crippen LogP contribution in [0.15, 0.2) is 0 Å². The fourth-order valence-corrected chi connectivity index (χ4v) is 4.44. The first-order valence-corrected chi connectivity index (χ1v) is 14.3. The van der Waals surface area contributed by atoms with E-state index in [0.29, 0.717) is 23.6 Å². The predicted molar refractivity (Wildman–Crippen MR) is 141 cm³/mol. The monoisotopic (exact) mass is 454 g/mol. The number of nitrogens with zero attached hydrogens (tertiary/aromatic N) is 1. The number of quaternary nitrogens is 1. The molecule has 0 aliphatic rings. The smallest absolute Gasteiger partial charge is 0.361 e. The van der Waals surface area contributed by atoms with Gasteiger partial charge in [0.1, 0.15) is 0 Å². The summed E-state index contributed by atoms with van der Waals surface area (Å²) in [4.78, 5) is 12.2. The molecule has 0 spiro atoms. The summed E-state index contributed by atoms with van der Waals surface area (Å²) in [7, 11) is 6.13. The Morgan fingerprint density at radius 1 is 0.594 bits per heavy atom. The van der Waals surface area contributed by atoms with Crippen LogP contribution < -0.4 is 0 Å². The summed E-state index contributed by atoms with van der Waals surface area (Å²) in [5, 5.41) is 0. The van der Waals surface area contributed by atoms with E-state index in [0.717, 1.165) is 0 Å². The van der Waals surface area contributed by atoms with Crippen molar-refractivity contribution in [3.8, 4) is 0 Å². The molecule has 0 saturated carbocycles. The summed E-state index contributed by atoms with van der Waals surface area (Å²) < 4.78 is 6.33. The first-order chi connectivity index (χ1) is 15.4. The number of esters is 1. The van der Waals surface area contributed by atoms with Crippen LogP contribution in [-0.4, -0.2) is 44.7 Å². The molecule has 1 atom stereocenters. The number of ether oxygens (including phenoxy) is 1. The van der Waals surface area contributed by atoms with Gasteiger partial charge in [0.25, 0.3) is 0 Å². The molecule has 0 heterocycles. The number of unbranched alkanes of at least 4 members (excludes halogenated alkanes) is 16. The molecule has 3 nitrogen and oxygen atoms in total. The van der Waals surface area contributed by atoms with Gasteiger partial charge in [-0.2, -0.15) is 0 Å².